The maximum Gasteiger partial charge on any atom is 0.339 e. The monoisotopic (exact) mass is 387 g/mol. The van der Waals surface area contributed by atoms with Crippen molar-refractivity contribution in [3.05, 3.63) is 34.2 Å². The summed E-state index contributed by atoms with van der Waals surface area (Å²) in [6, 6.07) is 4.44. The van der Waals surface area contributed by atoms with Gasteiger partial charge in [-0.05, 0) is 55.7 Å². The molecule has 0 spiro atoms. The van der Waals surface area contributed by atoms with Gasteiger partial charge in [-0.2, -0.15) is 0 Å². The first-order valence-corrected chi connectivity index (χ1v) is 10.3. The Morgan fingerprint density at radius 1 is 1.27 bits per heavy atom. The summed E-state index contributed by atoms with van der Waals surface area (Å²) in [6.07, 6.45) is 6.38. The van der Waals surface area contributed by atoms with E-state index in [-0.39, 0.29) is 11.3 Å². The Labute approximate surface area is 158 Å². The van der Waals surface area contributed by atoms with Crippen molar-refractivity contribution in [3.8, 4) is 5.75 Å². The molecule has 2 heterocycles. The van der Waals surface area contributed by atoms with E-state index in [1.165, 1.54) is 40.8 Å². The number of carboxylic acid groups (broad SMARTS) is 1. The Morgan fingerprint density at radius 2 is 2.08 bits per heavy atom. The number of rotatable bonds is 4. The van der Waals surface area contributed by atoms with Crippen LogP contribution in [-0.2, 0) is 12.8 Å². The smallest absolute Gasteiger partial charge is 0.339 e. The van der Waals surface area contributed by atoms with Gasteiger partial charge in [-0.25, -0.2) is 14.8 Å². The first-order chi connectivity index (χ1) is 12.6. The number of aryl methyl sites for hydroxylation is 2. The molecule has 0 aliphatic heterocycles. The minimum atomic E-state index is -1.17. The molecule has 2 aromatic heterocycles. The second-order valence-corrected chi connectivity index (χ2v) is 7.97. The predicted molar refractivity (Wildman–Crippen MR) is 104 cm³/mol. The molecule has 1 aliphatic carbocycles. The number of phenols is 1. The zero-order valence-corrected chi connectivity index (χ0v) is 15.7. The number of benzene rings is 1. The molecular weight excluding hydrogens is 370 g/mol. The number of hydrogen-bond donors (Lipinski definition) is 3. The molecule has 3 aromatic rings. The molecule has 1 aromatic carbocycles. The standard InChI is InChI=1S/C18H17N3O3S2/c1-25-18-20-15(19-9-6-7-12(22)11(8-9)17(23)24)14-10-4-2-3-5-13(10)26-16(14)21-18/h6-8,22H,2-5H2,1H3,(H,23,24)(H,19,20,21). The van der Waals surface area contributed by atoms with Crippen molar-refractivity contribution in [2.24, 2.45) is 0 Å². The van der Waals surface area contributed by atoms with Crippen LogP contribution in [0.1, 0.15) is 33.6 Å². The summed E-state index contributed by atoms with van der Waals surface area (Å²) in [5.41, 5.74) is 1.74. The maximum atomic E-state index is 11.3. The van der Waals surface area contributed by atoms with Crippen molar-refractivity contribution in [2.75, 3.05) is 11.6 Å². The van der Waals surface area contributed by atoms with E-state index in [4.69, 9.17) is 0 Å². The summed E-state index contributed by atoms with van der Waals surface area (Å²) in [5, 5.41) is 23.9. The number of aromatic carboxylic acids is 1. The SMILES string of the molecule is CSc1nc(Nc2ccc(O)c(C(=O)O)c2)c2c3c(sc2n1)CCCC3. The largest absolute Gasteiger partial charge is 0.507 e. The molecule has 8 heteroatoms. The lowest BCUT2D eigenvalue weighted by molar-refractivity contribution is 0.0694. The molecule has 0 radical (unpaired) electrons. The molecule has 0 amide bonds. The lowest BCUT2D eigenvalue weighted by Crippen LogP contribution is -2.03. The van der Waals surface area contributed by atoms with Crippen LogP contribution in [0.4, 0.5) is 11.5 Å². The highest BCUT2D eigenvalue weighted by Crippen LogP contribution is 2.40. The van der Waals surface area contributed by atoms with Crippen molar-refractivity contribution in [2.45, 2.75) is 30.8 Å². The Hall–Kier alpha value is -2.32. The second kappa shape index (κ2) is 6.77. The summed E-state index contributed by atoms with van der Waals surface area (Å²) >= 11 is 3.20. The molecule has 134 valence electrons. The number of nitrogens with one attached hydrogen (secondary N) is 1. The van der Waals surface area contributed by atoms with Crippen molar-refractivity contribution in [1.29, 1.82) is 0 Å². The third kappa shape index (κ3) is 2.99. The Balaban J connectivity index is 1.84. The average molecular weight is 387 g/mol. The lowest BCUT2D eigenvalue weighted by Gasteiger charge is -2.13. The first kappa shape index (κ1) is 17.1. The van der Waals surface area contributed by atoms with Crippen LogP contribution in [0.3, 0.4) is 0 Å². The van der Waals surface area contributed by atoms with E-state index in [0.717, 1.165) is 29.5 Å². The average Bonchev–Trinajstić information content (AvgIpc) is 3.01. The maximum absolute atomic E-state index is 11.3. The van der Waals surface area contributed by atoms with Crippen LogP contribution >= 0.6 is 23.1 Å². The van der Waals surface area contributed by atoms with Gasteiger partial charge in [0.2, 0.25) is 0 Å². The van der Waals surface area contributed by atoms with Gasteiger partial charge in [0.25, 0.3) is 0 Å². The number of carboxylic acids is 1. The fraction of sp³-hybridized carbons (Fsp3) is 0.278. The van der Waals surface area contributed by atoms with E-state index >= 15 is 0 Å². The number of fused-ring (bicyclic) bond motifs is 3. The van der Waals surface area contributed by atoms with Crippen LogP contribution in [0.25, 0.3) is 10.2 Å². The zero-order chi connectivity index (χ0) is 18.3. The van der Waals surface area contributed by atoms with Crippen molar-refractivity contribution in [1.82, 2.24) is 9.97 Å². The molecule has 0 unspecified atom stereocenters. The summed E-state index contributed by atoms with van der Waals surface area (Å²) in [7, 11) is 0. The topological polar surface area (TPSA) is 95.3 Å². The fourth-order valence-corrected chi connectivity index (χ4v) is 4.93. The lowest BCUT2D eigenvalue weighted by atomic mass is 9.97. The number of nitrogens with zero attached hydrogens (tertiary/aromatic N) is 2. The summed E-state index contributed by atoms with van der Waals surface area (Å²) in [6.45, 7) is 0. The molecule has 26 heavy (non-hydrogen) atoms. The Kier molecular flexibility index (Phi) is 4.46. The Morgan fingerprint density at radius 3 is 2.85 bits per heavy atom. The van der Waals surface area contributed by atoms with Gasteiger partial charge in [-0.15, -0.1) is 11.3 Å². The molecule has 6 nitrogen and oxygen atoms in total. The van der Waals surface area contributed by atoms with E-state index < -0.39 is 5.97 Å². The molecule has 0 bridgehead atoms. The van der Waals surface area contributed by atoms with E-state index in [0.29, 0.717) is 16.7 Å². The van der Waals surface area contributed by atoms with E-state index in [2.05, 4.69) is 15.3 Å². The molecule has 0 atom stereocenters. The van der Waals surface area contributed by atoms with Crippen molar-refractivity contribution in [3.63, 3.8) is 0 Å². The third-order valence-electron chi connectivity index (χ3n) is 4.47. The summed E-state index contributed by atoms with van der Waals surface area (Å²) in [4.78, 5) is 22.9. The highest BCUT2D eigenvalue weighted by atomic mass is 32.2. The molecule has 1 aliphatic rings. The van der Waals surface area contributed by atoms with Crippen LogP contribution in [0.5, 0.6) is 5.75 Å². The van der Waals surface area contributed by atoms with Gasteiger partial charge in [0.1, 0.15) is 22.0 Å². The van der Waals surface area contributed by atoms with Gasteiger partial charge in [-0.1, -0.05) is 11.8 Å². The van der Waals surface area contributed by atoms with Gasteiger partial charge < -0.3 is 15.5 Å². The van der Waals surface area contributed by atoms with Crippen LogP contribution in [0.2, 0.25) is 0 Å². The summed E-state index contributed by atoms with van der Waals surface area (Å²) < 4.78 is 0. The van der Waals surface area contributed by atoms with Crippen LogP contribution in [-0.4, -0.2) is 32.4 Å². The quantitative estimate of drug-likeness (QED) is 0.346. The Bertz CT molecular complexity index is 1020. The normalized spacial score (nSPS) is 13.6. The van der Waals surface area contributed by atoms with Crippen LogP contribution in [0.15, 0.2) is 23.4 Å². The molecular formula is C18H17N3O3S2. The van der Waals surface area contributed by atoms with Crippen molar-refractivity contribution < 1.29 is 15.0 Å². The van der Waals surface area contributed by atoms with Gasteiger partial charge in [0.05, 0.1) is 5.39 Å². The molecule has 0 saturated heterocycles. The second-order valence-electron chi connectivity index (χ2n) is 6.11. The zero-order valence-electron chi connectivity index (χ0n) is 14.1. The number of aromatic hydroxyl groups is 1. The minimum absolute atomic E-state index is 0.141. The minimum Gasteiger partial charge on any atom is -0.507 e. The predicted octanol–water partition coefficient (Wildman–Crippen LogP) is 4.44. The number of aromatic nitrogens is 2. The molecule has 0 fully saturated rings. The molecule has 4 rings (SSSR count). The number of thioether (sulfide) groups is 1. The van der Waals surface area contributed by atoms with Gasteiger partial charge in [0, 0.05) is 10.6 Å². The first-order valence-electron chi connectivity index (χ1n) is 8.26. The highest BCUT2D eigenvalue weighted by Gasteiger charge is 2.21. The van der Waals surface area contributed by atoms with Crippen LogP contribution in [0, 0.1) is 0 Å². The highest BCUT2D eigenvalue weighted by molar-refractivity contribution is 7.98. The number of hydrogen-bond acceptors (Lipinski definition) is 7. The van der Waals surface area contributed by atoms with Crippen molar-refractivity contribution >= 4 is 50.8 Å². The van der Waals surface area contributed by atoms with E-state index in [1.807, 2.05) is 6.26 Å². The number of anilines is 2. The number of carbonyl (C=O) groups is 1. The van der Waals surface area contributed by atoms with Crippen LogP contribution < -0.4 is 5.32 Å². The fourth-order valence-electron chi connectivity index (χ4n) is 3.24. The van der Waals surface area contributed by atoms with E-state index in [1.54, 1.807) is 17.4 Å². The molecule has 3 N–H and O–H groups in total. The van der Waals surface area contributed by atoms with Gasteiger partial charge in [-0.3, -0.25) is 0 Å². The third-order valence-corrected chi connectivity index (χ3v) is 6.20. The van der Waals surface area contributed by atoms with Gasteiger partial charge in [0.15, 0.2) is 5.16 Å². The van der Waals surface area contributed by atoms with E-state index in [9.17, 15) is 15.0 Å². The molecule has 0 saturated carbocycles. The van der Waals surface area contributed by atoms with Gasteiger partial charge >= 0.3 is 5.97 Å². The summed E-state index contributed by atoms with van der Waals surface area (Å²) in [5.74, 6) is -0.730. The number of thiophene rings is 1.